The number of Topliss-reactive ketones (excluding diaryl/α,β-unsaturated/α-hetero) is 2. The highest BCUT2D eigenvalue weighted by Gasteiger charge is 2.70. The summed E-state index contributed by atoms with van der Waals surface area (Å²) in [6, 6.07) is 27.1. The fraction of sp³-hybridized carbons (Fsp3) is 0.147. The first-order valence-electron chi connectivity index (χ1n) is 13.4. The molecule has 3 heterocycles. The Labute approximate surface area is 247 Å². The highest BCUT2D eigenvalue weighted by molar-refractivity contribution is 6.36. The number of carbonyl (C=O) groups excluding carboxylic acids is 3. The lowest BCUT2D eigenvalue weighted by molar-refractivity contribution is -0.121. The summed E-state index contributed by atoms with van der Waals surface area (Å²) in [4.78, 5) is 46.0. The van der Waals surface area contributed by atoms with E-state index in [0.717, 1.165) is 16.8 Å². The van der Waals surface area contributed by atoms with Gasteiger partial charge in [-0.05, 0) is 54.5 Å². The van der Waals surface area contributed by atoms with E-state index in [1.807, 2.05) is 66.4 Å². The topological polar surface area (TPSA) is 66.5 Å². The summed E-state index contributed by atoms with van der Waals surface area (Å²) in [7, 11) is 0. The molecular weight excluding hydrogens is 555 g/mol. The van der Waals surface area contributed by atoms with Crippen molar-refractivity contribution in [2.75, 3.05) is 10.2 Å². The van der Waals surface area contributed by atoms with Gasteiger partial charge in [-0.15, -0.1) is 0 Å². The summed E-state index contributed by atoms with van der Waals surface area (Å²) >= 11 is 13.2. The fourth-order valence-electron chi connectivity index (χ4n) is 7.04. The van der Waals surface area contributed by atoms with Crippen molar-refractivity contribution in [3.05, 3.63) is 135 Å². The van der Waals surface area contributed by atoms with Crippen molar-refractivity contribution in [1.29, 1.82) is 0 Å². The number of hydrogen-bond acceptors (Lipinski definition) is 4. The van der Waals surface area contributed by atoms with Crippen molar-refractivity contribution in [2.45, 2.75) is 24.4 Å². The number of benzene rings is 4. The van der Waals surface area contributed by atoms with Crippen LogP contribution in [-0.2, 0) is 10.2 Å². The molecule has 7 heteroatoms. The maximum atomic E-state index is 14.9. The van der Waals surface area contributed by atoms with E-state index in [1.54, 1.807) is 48.5 Å². The number of nitrogens with zero attached hydrogens (tertiary/aromatic N) is 1. The summed E-state index contributed by atoms with van der Waals surface area (Å²) < 4.78 is 0. The molecule has 1 saturated heterocycles. The van der Waals surface area contributed by atoms with E-state index in [1.165, 1.54) is 0 Å². The third-order valence-corrected chi connectivity index (χ3v) is 9.37. The molecule has 1 amide bonds. The van der Waals surface area contributed by atoms with Crippen LogP contribution in [0.3, 0.4) is 0 Å². The van der Waals surface area contributed by atoms with Gasteiger partial charge in [0.2, 0.25) is 5.91 Å². The second-order valence-electron chi connectivity index (χ2n) is 10.7. The highest BCUT2D eigenvalue weighted by atomic mass is 35.5. The van der Waals surface area contributed by atoms with Gasteiger partial charge in [0.1, 0.15) is 11.5 Å². The summed E-state index contributed by atoms with van der Waals surface area (Å²) in [5.74, 6) is -2.14. The van der Waals surface area contributed by atoms with E-state index >= 15 is 0 Å². The van der Waals surface area contributed by atoms with Gasteiger partial charge in [-0.25, -0.2) is 0 Å². The standard InChI is InChI=1S/C34H24Cl2N2O3/c1-19-18-28-34(23-13-5-8-16-26(23)37-33(34)41)29(31(39)21-11-2-6-14-24(21)35)30(32(40)22-12-3-7-15-25(22)36)38(28)27-17-9-4-10-20(19)27/h2-18,28-30H,1H3,(H,37,41)/t28-,29-,30-,34+/m0/s1. The van der Waals surface area contributed by atoms with Crippen molar-refractivity contribution in [1.82, 2.24) is 0 Å². The monoisotopic (exact) mass is 578 g/mol. The van der Waals surface area contributed by atoms with Gasteiger partial charge in [0, 0.05) is 28.1 Å². The molecule has 0 unspecified atom stereocenters. The zero-order chi connectivity index (χ0) is 28.5. The van der Waals surface area contributed by atoms with Crippen LogP contribution < -0.4 is 10.2 Å². The molecule has 0 saturated carbocycles. The van der Waals surface area contributed by atoms with Gasteiger partial charge in [0.25, 0.3) is 0 Å². The van der Waals surface area contributed by atoms with Gasteiger partial charge in [0.05, 0.1) is 22.0 Å². The average molecular weight is 579 g/mol. The van der Waals surface area contributed by atoms with E-state index in [0.29, 0.717) is 16.8 Å². The van der Waals surface area contributed by atoms with Crippen LogP contribution in [0.25, 0.3) is 5.57 Å². The van der Waals surface area contributed by atoms with E-state index in [4.69, 9.17) is 23.2 Å². The van der Waals surface area contributed by atoms with E-state index in [9.17, 15) is 14.4 Å². The number of rotatable bonds is 4. The molecule has 0 aromatic heterocycles. The Balaban J connectivity index is 1.58. The summed E-state index contributed by atoms with van der Waals surface area (Å²) in [6.07, 6.45) is 2.02. The van der Waals surface area contributed by atoms with Gasteiger partial charge in [-0.3, -0.25) is 14.4 Å². The van der Waals surface area contributed by atoms with Crippen LogP contribution >= 0.6 is 23.2 Å². The third-order valence-electron chi connectivity index (χ3n) is 8.71. The van der Waals surface area contributed by atoms with Crippen LogP contribution in [0, 0.1) is 5.92 Å². The second kappa shape index (κ2) is 9.44. The molecule has 0 bridgehead atoms. The molecule has 0 radical (unpaired) electrons. The van der Waals surface area contributed by atoms with Gasteiger partial charge >= 0.3 is 0 Å². The Morgan fingerprint density at radius 2 is 1.37 bits per heavy atom. The smallest absolute Gasteiger partial charge is 0.238 e. The molecule has 5 nitrogen and oxygen atoms in total. The first-order valence-corrected chi connectivity index (χ1v) is 14.2. The molecule has 1 N–H and O–H groups in total. The number of para-hydroxylation sites is 2. The van der Waals surface area contributed by atoms with E-state index in [-0.39, 0.29) is 33.1 Å². The molecule has 4 atom stereocenters. The van der Waals surface area contributed by atoms with Gasteiger partial charge in [-0.1, -0.05) is 89.9 Å². The number of ketones is 2. The number of hydrogen-bond donors (Lipinski definition) is 1. The van der Waals surface area contributed by atoms with Crippen LogP contribution in [0.15, 0.2) is 103 Å². The molecule has 1 spiro atoms. The molecule has 41 heavy (non-hydrogen) atoms. The van der Waals surface area contributed by atoms with Crippen LogP contribution in [0.4, 0.5) is 11.4 Å². The van der Waals surface area contributed by atoms with Gasteiger partial charge < -0.3 is 10.2 Å². The van der Waals surface area contributed by atoms with Gasteiger partial charge in [-0.2, -0.15) is 0 Å². The van der Waals surface area contributed by atoms with Crippen LogP contribution in [0.1, 0.15) is 38.8 Å². The molecule has 202 valence electrons. The number of amides is 1. The minimum Gasteiger partial charge on any atom is -0.352 e. The van der Waals surface area contributed by atoms with Crippen LogP contribution in [0.2, 0.25) is 10.0 Å². The number of halogens is 2. The zero-order valence-electron chi connectivity index (χ0n) is 22.0. The summed E-state index contributed by atoms with van der Waals surface area (Å²) in [6.45, 7) is 2.00. The summed E-state index contributed by atoms with van der Waals surface area (Å²) in [5.41, 5.74) is 3.15. The number of nitrogens with one attached hydrogen (secondary N) is 1. The van der Waals surface area contributed by atoms with Crippen molar-refractivity contribution in [3.8, 4) is 0 Å². The SMILES string of the molecule is CC1=C[C@@H]2N(c3ccccc31)[C@H](C(=O)c1ccccc1Cl)[C@@H](C(=O)c1ccccc1Cl)[C@]21C(=O)Nc2ccccc21. The molecule has 4 aromatic rings. The molecule has 3 aliphatic rings. The lowest BCUT2D eigenvalue weighted by Gasteiger charge is -2.39. The van der Waals surface area contributed by atoms with Crippen molar-refractivity contribution < 1.29 is 14.4 Å². The Morgan fingerprint density at radius 1 is 0.780 bits per heavy atom. The zero-order valence-corrected chi connectivity index (χ0v) is 23.5. The quantitative estimate of drug-likeness (QED) is 0.259. The Bertz CT molecular complexity index is 1820. The van der Waals surface area contributed by atoms with Crippen LogP contribution in [-0.4, -0.2) is 29.6 Å². The first kappa shape index (κ1) is 25.8. The predicted octanol–water partition coefficient (Wildman–Crippen LogP) is 7.24. The van der Waals surface area contributed by atoms with E-state index < -0.39 is 23.4 Å². The Hall–Kier alpha value is -4.19. The number of allylic oxidation sites excluding steroid dienone is 1. The second-order valence-corrected chi connectivity index (χ2v) is 11.5. The molecular formula is C34H24Cl2N2O3. The maximum absolute atomic E-state index is 14.9. The van der Waals surface area contributed by atoms with E-state index in [2.05, 4.69) is 5.32 Å². The average Bonchev–Trinajstić information content (AvgIpc) is 3.45. The minimum atomic E-state index is -1.41. The Morgan fingerprint density at radius 3 is 2.07 bits per heavy atom. The van der Waals surface area contributed by atoms with Gasteiger partial charge in [0.15, 0.2) is 11.6 Å². The lowest BCUT2D eigenvalue weighted by atomic mass is 9.64. The molecule has 3 aliphatic heterocycles. The minimum absolute atomic E-state index is 0.264. The van der Waals surface area contributed by atoms with Crippen molar-refractivity contribution in [2.24, 2.45) is 5.92 Å². The highest BCUT2D eigenvalue weighted by Crippen LogP contribution is 2.59. The van der Waals surface area contributed by atoms with Crippen LogP contribution in [0.5, 0.6) is 0 Å². The number of carbonyl (C=O) groups is 3. The Kier molecular flexibility index (Phi) is 5.93. The fourth-order valence-corrected chi connectivity index (χ4v) is 7.49. The van der Waals surface area contributed by atoms with Crippen molar-refractivity contribution >= 4 is 57.6 Å². The predicted molar refractivity (Wildman–Crippen MR) is 162 cm³/mol. The molecule has 4 aromatic carbocycles. The molecule has 1 fully saturated rings. The first-order chi connectivity index (χ1) is 19.9. The number of fused-ring (bicyclic) bond motifs is 6. The molecule has 7 rings (SSSR count). The largest absolute Gasteiger partial charge is 0.352 e. The number of anilines is 2. The lowest BCUT2D eigenvalue weighted by Crippen LogP contribution is -2.51. The summed E-state index contributed by atoms with van der Waals surface area (Å²) in [5, 5.41) is 3.59. The maximum Gasteiger partial charge on any atom is 0.238 e. The van der Waals surface area contributed by atoms with Crippen molar-refractivity contribution in [3.63, 3.8) is 0 Å². The molecule has 0 aliphatic carbocycles. The normalized spacial score (nSPS) is 23.9. The third kappa shape index (κ3) is 3.52.